The first-order chi connectivity index (χ1) is 12.0. The number of halogens is 1. The Labute approximate surface area is 147 Å². The fourth-order valence-corrected chi connectivity index (χ4v) is 2.87. The topological polar surface area (TPSA) is 112 Å². The summed E-state index contributed by atoms with van der Waals surface area (Å²) < 4.78 is 7.62. The van der Waals surface area contributed by atoms with Crippen LogP contribution in [0.4, 0.5) is 0 Å². The van der Waals surface area contributed by atoms with Gasteiger partial charge in [0.05, 0.1) is 0 Å². The SMILES string of the molecule is CCCCn1c(=O)n(CCCc2noc(C)n2)c(=O)c2[nH]c(Cl)nc21. The number of aryl methyl sites for hydroxylation is 3. The number of rotatable bonds is 7. The van der Waals surface area contributed by atoms with Crippen LogP contribution in [0.15, 0.2) is 14.1 Å². The summed E-state index contributed by atoms with van der Waals surface area (Å²) in [5, 5.41) is 3.91. The molecule has 0 atom stereocenters. The Morgan fingerprint density at radius 1 is 1.16 bits per heavy atom. The van der Waals surface area contributed by atoms with Gasteiger partial charge >= 0.3 is 5.69 Å². The molecule has 134 valence electrons. The van der Waals surface area contributed by atoms with Crippen molar-refractivity contribution in [3.05, 3.63) is 37.8 Å². The van der Waals surface area contributed by atoms with Crippen LogP contribution in [0, 0.1) is 6.92 Å². The first-order valence-corrected chi connectivity index (χ1v) is 8.57. The summed E-state index contributed by atoms with van der Waals surface area (Å²) in [4.78, 5) is 36.3. The molecular weight excluding hydrogens is 348 g/mol. The van der Waals surface area contributed by atoms with Crippen molar-refractivity contribution in [1.82, 2.24) is 29.2 Å². The molecule has 3 rings (SSSR count). The van der Waals surface area contributed by atoms with Gasteiger partial charge in [-0.05, 0) is 24.4 Å². The number of imidazole rings is 1. The van der Waals surface area contributed by atoms with Crippen molar-refractivity contribution in [1.29, 1.82) is 0 Å². The normalized spacial score (nSPS) is 11.5. The van der Waals surface area contributed by atoms with E-state index in [0.29, 0.717) is 36.7 Å². The van der Waals surface area contributed by atoms with Crippen LogP contribution in [0.1, 0.15) is 37.9 Å². The van der Waals surface area contributed by atoms with E-state index in [-0.39, 0.29) is 23.0 Å². The van der Waals surface area contributed by atoms with Crippen LogP contribution in [-0.4, -0.2) is 29.2 Å². The lowest BCUT2D eigenvalue weighted by atomic mass is 10.3. The van der Waals surface area contributed by atoms with Gasteiger partial charge in [0.1, 0.15) is 0 Å². The Bertz CT molecular complexity index is 999. The lowest BCUT2D eigenvalue weighted by Crippen LogP contribution is -2.40. The van der Waals surface area contributed by atoms with E-state index in [1.807, 2.05) is 6.92 Å². The molecule has 25 heavy (non-hydrogen) atoms. The highest BCUT2D eigenvalue weighted by Gasteiger charge is 2.16. The molecule has 0 fully saturated rings. The molecule has 1 N–H and O–H groups in total. The van der Waals surface area contributed by atoms with Crippen LogP contribution in [0.5, 0.6) is 0 Å². The molecule has 9 nitrogen and oxygen atoms in total. The van der Waals surface area contributed by atoms with Gasteiger partial charge in [0.25, 0.3) is 5.56 Å². The van der Waals surface area contributed by atoms with Crippen LogP contribution in [0.25, 0.3) is 11.2 Å². The summed E-state index contributed by atoms with van der Waals surface area (Å²) in [7, 11) is 0. The van der Waals surface area contributed by atoms with Crippen molar-refractivity contribution >= 4 is 22.8 Å². The summed E-state index contributed by atoms with van der Waals surface area (Å²) in [6.45, 7) is 4.48. The smallest absolute Gasteiger partial charge is 0.332 e. The lowest BCUT2D eigenvalue weighted by Gasteiger charge is -2.10. The highest BCUT2D eigenvalue weighted by atomic mass is 35.5. The van der Waals surface area contributed by atoms with Gasteiger partial charge in [0.2, 0.25) is 11.2 Å². The molecule has 0 bridgehead atoms. The lowest BCUT2D eigenvalue weighted by molar-refractivity contribution is 0.386. The van der Waals surface area contributed by atoms with E-state index in [1.165, 1.54) is 9.13 Å². The van der Waals surface area contributed by atoms with Gasteiger partial charge in [-0.15, -0.1) is 0 Å². The van der Waals surface area contributed by atoms with E-state index in [0.717, 1.165) is 12.8 Å². The third kappa shape index (κ3) is 3.51. The number of nitrogens with one attached hydrogen (secondary N) is 1. The van der Waals surface area contributed by atoms with E-state index in [9.17, 15) is 9.59 Å². The predicted molar refractivity (Wildman–Crippen MR) is 91.9 cm³/mol. The zero-order valence-corrected chi connectivity index (χ0v) is 14.8. The molecule has 3 aromatic rings. The fraction of sp³-hybridized carbons (Fsp3) is 0.533. The first kappa shape index (κ1) is 17.4. The minimum absolute atomic E-state index is 0.0942. The van der Waals surface area contributed by atoms with Gasteiger partial charge in [-0.3, -0.25) is 13.9 Å². The molecule has 0 aromatic carbocycles. The summed E-state index contributed by atoms with van der Waals surface area (Å²) in [6.07, 6.45) is 2.78. The van der Waals surface area contributed by atoms with Crippen LogP contribution in [0.3, 0.4) is 0 Å². The average Bonchev–Trinajstić information content (AvgIpc) is 3.16. The molecule has 0 saturated heterocycles. The van der Waals surface area contributed by atoms with E-state index in [1.54, 1.807) is 6.92 Å². The van der Waals surface area contributed by atoms with Gasteiger partial charge in [-0.25, -0.2) is 4.79 Å². The quantitative estimate of drug-likeness (QED) is 0.636. The van der Waals surface area contributed by atoms with Gasteiger partial charge in [0, 0.05) is 26.4 Å². The highest BCUT2D eigenvalue weighted by molar-refractivity contribution is 6.28. The van der Waals surface area contributed by atoms with E-state index in [4.69, 9.17) is 16.1 Å². The number of fused-ring (bicyclic) bond motifs is 1. The zero-order valence-electron chi connectivity index (χ0n) is 14.1. The van der Waals surface area contributed by atoms with Gasteiger partial charge in [-0.1, -0.05) is 18.5 Å². The second-order valence-electron chi connectivity index (χ2n) is 5.80. The minimum Gasteiger partial charge on any atom is -0.340 e. The molecule has 3 heterocycles. The molecule has 10 heteroatoms. The van der Waals surface area contributed by atoms with Crippen molar-refractivity contribution in [3.8, 4) is 0 Å². The van der Waals surface area contributed by atoms with Gasteiger partial charge in [-0.2, -0.15) is 9.97 Å². The summed E-state index contributed by atoms with van der Waals surface area (Å²) >= 11 is 5.90. The van der Waals surface area contributed by atoms with Crippen molar-refractivity contribution < 1.29 is 4.52 Å². The zero-order chi connectivity index (χ0) is 18.0. The standard InChI is InChI=1S/C15H19ClN6O3/c1-3-4-7-21-12-11(18-14(16)19-12)13(23)22(15(21)24)8-5-6-10-17-9(2)25-20-10/h3-8H2,1-2H3,(H,18,19). The number of nitrogens with zero attached hydrogens (tertiary/aromatic N) is 5. The molecule has 0 aliphatic carbocycles. The summed E-state index contributed by atoms with van der Waals surface area (Å²) in [5.41, 5.74) is -0.246. The van der Waals surface area contributed by atoms with E-state index in [2.05, 4.69) is 20.1 Å². The largest absolute Gasteiger partial charge is 0.340 e. The maximum atomic E-state index is 12.7. The number of hydrogen-bond donors (Lipinski definition) is 1. The number of hydrogen-bond acceptors (Lipinski definition) is 6. The number of aromatic nitrogens is 6. The third-order valence-electron chi connectivity index (χ3n) is 3.92. The summed E-state index contributed by atoms with van der Waals surface area (Å²) in [5.74, 6) is 1.05. The van der Waals surface area contributed by atoms with Crippen molar-refractivity contribution in [3.63, 3.8) is 0 Å². The fourth-order valence-electron chi connectivity index (χ4n) is 2.69. The predicted octanol–water partition coefficient (Wildman–Crippen LogP) is 1.66. The first-order valence-electron chi connectivity index (χ1n) is 8.19. The molecule has 0 unspecified atom stereocenters. The maximum Gasteiger partial charge on any atom is 0.332 e. The Morgan fingerprint density at radius 2 is 1.92 bits per heavy atom. The van der Waals surface area contributed by atoms with Crippen LogP contribution >= 0.6 is 11.6 Å². The van der Waals surface area contributed by atoms with Crippen LogP contribution in [-0.2, 0) is 19.5 Å². The monoisotopic (exact) mass is 366 g/mol. The Morgan fingerprint density at radius 3 is 2.60 bits per heavy atom. The van der Waals surface area contributed by atoms with Crippen molar-refractivity contribution in [2.24, 2.45) is 0 Å². The number of aromatic amines is 1. The minimum atomic E-state index is -0.420. The van der Waals surface area contributed by atoms with Gasteiger partial charge in [0.15, 0.2) is 17.0 Å². The Hall–Kier alpha value is -2.42. The van der Waals surface area contributed by atoms with E-state index >= 15 is 0 Å². The van der Waals surface area contributed by atoms with E-state index < -0.39 is 5.56 Å². The van der Waals surface area contributed by atoms with Crippen LogP contribution in [0.2, 0.25) is 5.28 Å². The molecular formula is C15H19ClN6O3. The second-order valence-corrected chi connectivity index (χ2v) is 6.16. The van der Waals surface area contributed by atoms with Crippen molar-refractivity contribution in [2.75, 3.05) is 0 Å². The summed E-state index contributed by atoms with van der Waals surface area (Å²) in [6, 6.07) is 0. The van der Waals surface area contributed by atoms with Crippen molar-refractivity contribution in [2.45, 2.75) is 52.6 Å². The molecule has 0 aliphatic rings. The number of H-pyrrole nitrogens is 1. The Kier molecular flexibility index (Phi) is 5.03. The molecule has 0 aliphatic heterocycles. The highest BCUT2D eigenvalue weighted by Crippen LogP contribution is 2.10. The third-order valence-corrected chi connectivity index (χ3v) is 4.10. The number of unbranched alkanes of at least 4 members (excludes halogenated alkanes) is 1. The average molecular weight is 367 g/mol. The molecule has 3 aromatic heterocycles. The van der Waals surface area contributed by atoms with Crippen LogP contribution < -0.4 is 11.2 Å². The molecule has 0 spiro atoms. The van der Waals surface area contributed by atoms with Gasteiger partial charge < -0.3 is 9.51 Å². The molecule has 0 radical (unpaired) electrons. The molecule has 0 amide bonds. The second kappa shape index (κ2) is 7.22. The Balaban J connectivity index is 1.93. The maximum absolute atomic E-state index is 12.7. The molecule has 0 saturated carbocycles.